The third kappa shape index (κ3) is 3.38. The summed E-state index contributed by atoms with van der Waals surface area (Å²) in [7, 11) is 0. The van der Waals surface area contributed by atoms with Crippen molar-refractivity contribution in [3.05, 3.63) is 23.0 Å². The lowest BCUT2D eigenvalue weighted by atomic mass is 10.2. The molecule has 1 fully saturated rings. The van der Waals surface area contributed by atoms with Gasteiger partial charge in [0.05, 0.1) is 5.88 Å². The number of aromatic nitrogens is 1. The highest BCUT2D eigenvalue weighted by molar-refractivity contribution is 6.30. The fourth-order valence-corrected chi connectivity index (χ4v) is 2.38. The average Bonchev–Trinajstić information content (AvgIpc) is 3.13. The number of hydrogen-bond donors (Lipinski definition) is 1. The summed E-state index contributed by atoms with van der Waals surface area (Å²) < 4.78 is 2.01. The number of amides is 1. The number of hydrogen-bond acceptors (Lipinski definition) is 2. The van der Waals surface area contributed by atoms with Crippen molar-refractivity contribution in [2.45, 2.75) is 45.7 Å². The Hall–Kier alpha value is -1.29. The van der Waals surface area contributed by atoms with Crippen LogP contribution in [0.15, 0.2) is 6.07 Å². The predicted octanol–water partition coefficient (Wildman–Crippen LogP) is 2.20. The number of carbonyl (C=O) groups excluding carboxylic acids is 2. The number of nitrogens with one attached hydrogen (secondary N) is 1. The van der Waals surface area contributed by atoms with E-state index in [1.54, 1.807) is 0 Å². The van der Waals surface area contributed by atoms with Crippen molar-refractivity contribution in [2.75, 3.05) is 5.88 Å². The quantitative estimate of drug-likeness (QED) is 0.642. The van der Waals surface area contributed by atoms with Gasteiger partial charge in [-0.05, 0) is 32.8 Å². The van der Waals surface area contributed by atoms with Crippen LogP contribution in [0.25, 0.3) is 0 Å². The van der Waals surface area contributed by atoms with Crippen LogP contribution in [0.3, 0.4) is 0 Å². The molecule has 0 bridgehead atoms. The highest BCUT2D eigenvalue weighted by Gasteiger charge is 2.23. The summed E-state index contributed by atoms with van der Waals surface area (Å²) in [5.74, 6) is 0.00980. The number of rotatable bonds is 6. The molecule has 104 valence electrons. The van der Waals surface area contributed by atoms with E-state index in [0.717, 1.165) is 24.2 Å². The molecule has 0 spiro atoms. The summed E-state index contributed by atoms with van der Waals surface area (Å²) >= 11 is 5.59. The van der Waals surface area contributed by atoms with E-state index in [0.29, 0.717) is 24.6 Å². The fraction of sp³-hybridized carbons (Fsp3) is 0.571. The Morgan fingerprint density at radius 1 is 1.42 bits per heavy atom. The number of ketones is 1. The Bertz CT molecular complexity index is 504. The third-order valence-corrected chi connectivity index (χ3v) is 3.74. The Balaban J connectivity index is 2.01. The van der Waals surface area contributed by atoms with Crippen LogP contribution in [0.1, 0.15) is 41.0 Å². The van der Waals surface area contributed by atoms with Gasteiger partial charge in [0, 0.05) is 36.0 Å². The van der Waals surface area contributed by atoms with E-state index in [2.05, 4.69) is 5.32 Å². The highest BCUT2D eigenvalue weighted by atomic mass is 35.5. The standard InChI is InChI=1S/C14H19ClN2O2/c1-9-7-12(13(18)8-15)10(2)17(9)6-5-14(19)16-11-3-4-11/h7,11H,3-6,8H2,1-2H3,(H,16,19). The minimum absolute atomic E-state index is 0.00748. The van der Waals surface area contributed by atoms with Gasteiger partial charge in [0.1, 0.15) is 0 Å². The van der Waals surface area contributed by atoms with Crippen molar-refractivity contribution in [3.8, 4) is 0 Å². The molecule has 1 aliphatic rings. The van der Waals surface area contributed by atoms with Crippen molar-refractivity contribution >= 4 is 23.3 Å². The van der Waals surface area contributed by atoms with Crippen molar-refractivity contribution < 1.29 is 9.59 Å². The minimum atomic E-state index is -0.0663. The normalized spacial score (nSPS) is 14.5. The SMILES string of the molecule is Cc1cc(C(=O)CCl)c(C)n1CCC(=O)NC1CC1. The van der Waals surface area contributed by atoms with Crippen LogP contribution in [0.5, 0.6) is 0 Å². The zero-order chi connectivity index (χ0) is 14.0. The van der Waals surface area contributed by atoms with E-state index in [9.17, 15) is 9.59 Å². The molecule has 1 saturated carbocycles. The van der Waals surface area contributed by atoms with Gasteiger partial charge in [-0.15, -0.1) is 11.6 Å². The van der Waals surface area contributed by atoms with Crippen molar-refractivity contribution in [1.82, 2.24) is 9.88 Å². The van der Waals surface area contributed by atoms with Gasteiger partial charge >= 0.3 is 0 Å². The zero-order valence-electron chi connectivity index (χ0n) is 11.3. The van der Waals surface area contributed by atoms with Crippen LogP contribution < -0.4 is 5.32 Å². The maximum absolute atomic E-state index is 11.7. The first-order valence-corrected chi connectivity index (χ1v) is 7.11. The second-order valence-corrected chi connectivity index (χ2v) is 5.35. The first kappa shape index (κ1) is 14.1. The molecule has 1 amide bonds. The molecule has 19 heavy (non-hydrogen) atoms. The number of Topliss-reactive ketones (excluding diaryl/α,β-unsaturated/α-hetero) is 1. The molecule has 1 aromatic rings. The van der Waals surface area contributed by atoms with Crippen molar-refractivity contribution in [1.29, 1.82) is 0 Å². The molecule has 1 N–H and O–H groups in total. The molecular formula is C14H19ClN2O2. The minimum Gasteiger partial charge on any atom is -0.353 e. The first-order chi connectivity index (χ1) is 9.02. The van der Waals surface area contributed by atoms with Gasteiger partial charge in [-0.2, -0.15) is 0 Å². The monoisotopic (exact) mass is 282 g/mol. The Morgan fingerprint density at radius 2 is 2.11 bits per heavy atom. The number of halogens is 1. The number of carbonyl (C=O) groups is 2. The van der Waals surface area contributed by atoms with Gasteiger partial charge in [0.25, 0.3) is 0 Å². The molecule has 0 aromatic carbocycles. The maximum Gasteiger partial charge on any atom is 0.222 e. The molecule has 1 aromatic heterocycles. The van der Waals surface area contributed by atoms with Gasteiger partial charge in [0.2, 0.25) is 5.91 Å². The van der Waals surface area contributed by atoms with Gasteiger partial charge in [-0.1, -0.05) is 0 Å². The Morgan fingerprint density at radius 3 is 2.68 bits per heavy atom. The van der Waals surface area contributed by atoms with Crippen LogP contribution in [-0.4, -0.2) is 28.2 Å². The molecule has 5 heteroatoms. The van der Waals surface area contributed by atoms with E-state index in [1.165, 1.54) is 0 Å². The van der Waals surface area contributed by atoms with Crippen LogP contribution in [0.4, 0.5) is 0 Å². The summed E-state index contributed by atoms with van der Waals surface area (Å²) in [4.78, 5) is 23.3. The van der Waals surface area contributed by atoms with Crippen molar-refractivity contribution in [3.63, 3.8) is 0 Å². The Kier molecular flexibility index (Phi) is 4.30. The smallest absolute Gasteiger partial charge is 0.222 e. The topological polar surface area (TPSA) is 51.1 Å². The molecule has 0 atom stereocenters. The van der Waals surface area contributed by atoms with E-state index in [-0.39, 0.29) is 17.6 Å². The van der Waals surface area contributed by atoms with E-state index in [1.807, 2.05) is 24.5 Å². The molecule has 2 rings (SSSR count). The first-order valence-electron chi connectivity index (χ1n) is 6.58. The van der Waals surface area contributed by atoms with E-state index >= 15 is 0 Å². The van der Waals surface area contributed by atoms with Crippen LogP contribution >= 0.6 is 11.6 Å². The Labute approximate surface area is 118 Å². The van der Waals surface area contributed by atoms with Gasteiger partial charge in [-0.25, -0.2) is 0 Å². The average molecular weight is 283 g/mol. The summed E-state index contributed by atoms with van der Waals surface area (Å²) in [6, 6.07) is 2.24. The van der Waals surface area contributed by atoms with Gasteiger partial charge in [-0.3, -0.25) is 9.59 Å². The molecule has 0 aliphatic heterocycles. The maximum atomic E-state index is 11.7. The number of aryl methyl sites for hydroxylation is 1. The zero-order valence-corrected chi connectivity index (χ0v) is 12.1. The molecule has 0 saturated heterocycles. The second kappa shape index (κ2) is 5.78. The number of nitrogens with zero attached hydrogens (tertiary/aromatic N) is 1. The summed E-state index contributed by atoms with van der Waals surface area (Å²) in [6.07, 6.45) is 2.64. The fourth-order valence-electron chi connectivity index (χ4n) is 2.24. The van der Waals surface area contributed by atoms with Crippen molar-refractivity contribution in [2.24, 2.45) is 0 Å². The van der Waals surface area contributed by atoms with Gasteiger partial charge in [0.15, 0.2) is 5.78 Å². The molecular weight excluding hydrogens is 264 g/mol. The van der Waals surface area contributed by atoms with Gasteiger partial charge < -0.3 is 9.88 Å². The van der Waals surface area contributed by atoms with Crippen LogP contribution in [-0.2, 0) is 11.3 Å². The highest BCUT2D eigenvalue weighted by Crippen LogP contribution is 2.19. The molecule has 0 unspecified atom stereocenters. The van der Waals surface area contributed by atoms with Crippen LogP contribution in [0, 0.1) is 13.8 Å². The third-order valence-electron chi connectivity index (χ3n) is 3.50. The number of alkyl halides is 1. The van der Waals surface area contributed by atoms with Crippen LogP contribution in [0.2, 0.25) is 0 Å². The lowest BCUT2D eigenvalue weighted by molar-refractivity contribution is -0.121. The summed E-state index contributed by atoms with van der Waals surface area (Å²) in [5.41, 5.74) is 2.54. The summed E-state index contributed by atoms with van der Waals surface area (Å²) in [6.45, 7) is 4.44. The second-order valence-electron chi connectivity index (χ2n) is 5.09. The largest absolute Gasteiger partial charge is 0.353 e. The molecule has 4 nitrogen and oxygen atoms in total. The lowest BCUT2D eigenvalue weighted by Gasteiger charge is -2.09. The van der Waals surface area contributed by atoms with E-state index < -0.39 is 0 Å². The summed E-state index contributed by atoms with van der Waals surface area (Å²) in [5, 5.41) is 2.96. The molecule has 1 aliphatic carbocycles. The molecule has 0 radical (unpaired) electrons. The lowest BCUT2D eigenvalue weighted by Crippen LogP contribution is -2.26. The predicted molar refractivity (Wildman–Crippen MR) is 74.7 cm³/mol. The molecule has 1 heterocycles. The van der Waals surface area contributed by atoms with E-state index in [4.69, 9.17) is 11.6 Å².